The second kappa shape index (κ2) is 5.67. The van der Waals surface area contributed by atoms with Gasteiger partial charge >= 0.3 is 0 Å². The smallest absolute Gasteiger partial charge is 0.0801 e. The van der Waals surface area contributed by atoms with Crippen molar-refractivity contribution in [2.45, 2.75) is 12.7 Å². The van der Waals surface area contributed by atoms with Crippen LogP contribution in [0.5, 0.6) is 0 Å². The number of hydrogen-bond donors (Lipinski definition) is 1. The molecule has 2 N–H and O–H groups in total. The third-order valence-electron chi connectivity index (χ3n) is 0.215. The zero-order valence-electron chi connectivity index (χ0n) is 3.55. The van der Waals surface area contributed by atoms with E-state index in [4.69, 9.17) is 5.73 Å². The number of hydrogen-bond acceptors (Lipinski definition) is 2. The lowest BCUT2D eigenvalue weighted by molar-refractivity contribution is 0.593. The van der Waals surface area contributed by atoms with E-state index >= 15 is 0 Å². The van der Waals surface area contributed by atoms with E-state index in [0.29, 0.717) is 0 Å². The lowest BCUT2D eigenvalue weighted by atomic mass is 10.8. The molecule has 4 heteroatoms. The minimum Gasteiger partial charge on any atom is -0.329 e. The first-order chi connectivity index (χ1) is 2.27. The lowest BCUT2D eigenvalue weighted by Gasteiger charge is -1.82. The molecule has 0 aromatic carbocycles. The van der Waals surface area contributed by atoms with Crippen LogP contribution in [0, 0.1) is 0 Å². The minimum absolute atomic E-state index is 0. The molecule has 0 aliphatic carbocycles. The third-order valence-corrected chi connectivity index (χ3v) is 0.644. The van der Waals surface area contributed by atoms with Gasteiger partial charge in [0.15, 0.2) is 0 Å². The molecule has 0 bridgehead atoms. The summed E-state index contributed by atoms with van der Waals surface area (Å²) in [5.74, 6) is -0.0880. The molecule has 0 aliphatic heterocycles. The average molecular weight is 174 g/mol. The van der Waals surface area contributed by atoms with Crippen LogP contribution in [-0.2, 0) is 4.57 Å². The second-order valence-corrected chi connectivity index (χ2v) is 2.32. The Balaban J connectivity index is 0. The number of nitrogens with two attached hydrogens (primary N) is 1. The highest BCUT2D eigenvalue weighted by molar-refractivity contribution is 8.93. The summed E-state index contributed by atoms with van der Waals surface area (Å²) in [6, 6.07) is 0. The summed E-state index contributed by atoms with van der Waals surface area (Å²) in [4.78, 5) is 0. The molecule has 0 aromatic heterocycles. The molecule has 0 rings (SSSR count). The van der Waals surface area contributed by atoms with Crippen molar-refractivity contribution in [3.05, 3.63) is 0 Å². The summed E-state index contributed by atoms with van der Waals surface area (Å²) in [7, 11) is -0.741. The maximum atomic E-state index is 9.59. The van der Waals surface area contributed by atoms with Gasteiger partial charge in [-0.25, -0.2) is 0 Å². The van der Waals surface area contributed by atoms with Gasteiger partial charge < -0.3 is 10.3 Å². The molecular formula is C2H9BrNOP. The van der Waals surface area contributed by atoms with E-state index in [2.05, 4.69) is 0 Å². The van der Waals surface area contributed by atoms with Crippen LogP contribution in [0.4, 0.5) is 0 Å². The predicted octanol–water partition coefficient (Wildman–Crippen LogP) is 0.625. The molecule has 0 spiro atoms. The van der Waals surface area contributed by atoms with Crippen LogP contribution < -0.4 is 5.73 Å². The Morgan fingerprint density at radius 2 is 2.00 bits per heavy atom. The van der Waals surface area contributed by atoms with Crippen molar-refractivity contribution >= 4 is 25.4 Å². The van der Waals surface area contributed by atoms with E-state index in [1.54, 1.807) is 6.92 Å². The van der Waals surface area contributed by atoms with Crippen molar-refractivity contribution in [3.8, 4) is 0 Å². The van der Waals surface area contributed by atoms with Gasteiger partial charge in [-0.2, -0.15) is 0 Å². The zero-order chi connectivity index (χ0) is 4.28. The van der Waals surface area contributed by atoms with Crippen LogP contribution in [-0.4, -0.2) is 5.78 Å². The topological polar surface area (TPSA) is 43.1 Å². The summed E-state index contributed by atoms with van der Waals surface area (Å²) in [5, 5.41) is 0. The molecule has 2 atom stereocenters. The molecule has 2 nitrogen and oxygen atoms in total. The molecule has 0 amide bonds. The first-order valence-corrected chi connectivity index (χ1v) is 2.62. The van der Waals surface area contributed by atoms with Crippen LogP contribution in [0.15, 0.2) is 0 Å². The second-order valence-electron chi connectivity index (χ2n) is 0.995. The molecule has 6 heavy (non-hydrogen) atoms. The normalized spacial score (nSPS) is 14.3. The van der Waals surface area contributed by atoms with Crippen LogP contribution >= 0.6 is 25.4 Å². The summed E-state index contributed by atoms with van der Waals surface area (Å²) in [5.41, 5.74) is 5.02. The van der Waals surface area contributed by atoms with Gasteiger partial charge in [-0.05, 0) is 6.92 Å². The molecule has 0 aromatic rings. The quantitative estimate of drug-likeness (QED) is 0.592. The van der Waals surface area contributed by atoms with Gasteiger partial charge in [-0.1, -0.05) is 0 Å². The molecule has 0 heterocycles. The molecule has 2 unspecified atom stereocenters. The van der Waals surface area contributed by atoms with Crippen LogP contribution in [0.25, 0.3) is 0 Å². The first-order valence-electron chi connectivity index (χ1n) is 1.48. The van der Waals surface area contributed by atoms with Crippen molar-refractivity contribution in [1.29, 1.82) is 0 Å². The summed E-state index contributed by atoms with van der Waals surface area (Å²) >= 11 is 0. The number of rotatable bonds is 1. The standard InChI is InChI=1S/C2H8NOP.BrH/c1-2(3)5-4;/h2H,3,5H2,1H3;1H. The Morgan fingerprint density at radius 3 is 2.00 bits per heavy atom. The minimum atomic E-state index is -0.741. The Morgan fingerprint density at radius 1 is 1.83 bits per heavy atom. The van der Waals surface area contributed by atoms with Gasteiger partial charge in [0.2, 0.25) is 0 Å². The maximum Gasteiger partial charge on any atom is 0.0801 e. The predicted molar refractivity (Wildman–Crippen MR) is 34.4 cm³/mol. The maximum absolute atomic E-state index is 9.59. The van der Waals surface area contributed by atoms with Gasteiger partial charge in [0.1, 0.15) is 0 Å². The van der Waals surface area contributed by atoms with Crippen molar-refractivity contribution in [2.24, 2.45) is 5.73 Å². The summed E-state index contributed by atoms with van der Waals surface area (Å²) < 4.78 is 9.59. The molecular weight excluding hydrogens is 165 g/mol. The van der Waals surface area contributed by atoms with E-state index in [-0.39, 0.29) is 22.8 Å². The monoisotopic (exact) mass is 173 g/mol. The van der Waals surface area contributed by atoms with E-state index in [9.17, 15) is 4.57 Å². The average Bonchev–Trinajstić information content (AvgIpc) is 1.38. The van der Waals surface area contributed by atoms with Crippen molar-refractivity contribution < 1.29 is 4.57 Å². The fraction of sp³-hybridized carbons (Fsp3) is 1.00. The summed E-state index contributed by atoms with van der Waals surface area (Å²) in [6.45, 7) is 1.72. The Labute approximate surface area is 49.1 Å². The Bertz CT molecular complexity index is 40.5. The first kappa shape index (κ1) is 9.83. The fourth-order valence-corrected chi connectivity index (χ4v) is 0. The third kappa shape index (κ3) is 8.82. The highest BCUT2D eigenvalue weighted by Gasteiger charge is 1.77. The molecule has 40 valence electrons. The van der Waals surface area contributed by atoms with E-state index in [0.717, 1.165) is 0 Å². The van der Waals surface area contributed by atoms with Crippen LogP contribution in [0.3, 0.4) is 0 Å². The van der Waals surface area contributed by atoms with Gasteiger partial charge in [-0.3, -0.25) is 0 Å². The van der Waals surface area contributed by atoms with E-state index in [1.807, 2.05) is 0 Å². The highest BCUT2D eigenvalue weighted by Crippen LogP contribution is 1.92. The van der Waals surface area contributed by atoms with Crippen molar-refractivity contribution in [1.82, 2.24) is 0 Å². The highest BCUT2D eigenvalue weighted by atomic mass is 79.9. The fourth-order valence-electron chi connectivity index (χ4n) is 0. The lowest BCUT2D eigenvalue weighted by Crippen LogP contribution is -2.03. The van der Waals surface area contributed by atoms with Crippen molar-refractivity contribution in [3.63, 3.8) is 0 Å². The largest absolute Gasteiger partial charge is 0.329 e. The van der Waals surface area contributed by atoms with E-state index < -0.39 is 8.46 Å². The summed E-state index contributed by atoms with van der Waals surface area (Å²) in [6.07, 6.45) is 0. The van der Waals surface area contributed by atoms with Gasteiger partial charge in [0.05, 0.1) is 14.2 Å². The molecule has 0 fully saturated rings. The SMILES string of the molecule is Br.CC(N)[PH2]=O. The van der Waals surface area contributed by atoms with E-state index in [1.165, 1.54) is 0 Å². The Kier molecular flexibility index (Phi) is 9.29. The Hall–Kier alpha value is 0.670. The van der Waals surface area contributed by atoms with Crippen LogP contribution in [0.1, 0.15) is 6.92 Å². The van der Waals surface area contributed by atoms with Crippen LogP contribution in [0.2, 0.25) is 0 Å². The molecule has 0 saturated heterocycles. The van der Waals surface area contributed by atoms with Gasteiger partial charge in [-0.15, -0.1) is 17.0 Å². The van der Waals surface area contributed by atoms with Crippen molar-refractivity contribution in [2.75, 3.05) is 0 Å². The molecule has 0 radical (unpaired) electrons. The van der Waals surface area contributed by atoms with Gasteiger partial charge in [0, 0.05) is 0 Å². The molecule has 0 saturated carbocycles. The van der Waals surface area contributed by atoms with Gasteiger partial charge in [0.25, 0.3) is 0 Å². The zero-order valence-corrected chi connectivity index (χ0v) is 6.42. The molecule has 0 aliphatic rings. The number of halogens is 1.